The second kappa shape index (κ2) is 8.36. The number of rotatable bonds is 4. The molecule has 3 rings (SSSR count). The summed E-state index contributed by atoms with van der Waals surface area (Å²) in [5.41, 5.74) is 7.03. The first kappa shape index (κ1) is 19.3. The van der Waals surface area contributed by atoms with Gasteiger partial charge in [0.15, 0.2) is 5.96 Å². The summed E-state index contributed by atoms with van der Waals surface area (Å²) < 4.78 is 0. The summed E-state index contributed by atoms with van der Waals surface area (Å²) in [7, 11) is 0. The first-order valence-corrected chi connectivity index (χ1v) is 8.28. The van der Waals surface area contributed by atoms with Crippen LogP contribution in [0.2, 0.25) is 10.0 Å². The van der Waals surface area contributed by atoms with Gasteiger partial charge in [-0.2, -0.15) is 0 Å². The van der Waals surface area contributed by atoms with Gasteiger partial charge in [0.25, 0.3) is 0 Å². The molecular formula is C17H19Cl2IN4. The first-order chi connectivity index (χ1) is 11.1. The number of aromatic nitrogens is 1. The summed E-state index contributed by atoms with van der Waals surface area (Å²) in [5, 5.41) is 4.34. The number of anilines is 1. The summed E-state index contributed by atoms with van der Waals surface area (Å²) in [6.45, 7) is 0.597. The van der Waals surface area contributed by atoms with E-state index in [1.807, 2.05) is 30.3 Å². The van der Waals surface area contributed by atoms with Gasteiger partial charge in [-0.3, -0.25) is 4.99 Å². The third-order valence-electron chi connectivity index (χ3n) is 4.29. The topological polar surface area (TPSA) is 63.3 Å². The molecule has 1 saturated carbocycles. The van der Waals surface area contributed by atoms with Gasteiger partial charge in [0.05, 0.1) is 6.54 Å². The SMILES string of the molecule is I.NC(=NCC1(c2ccc(Cl)cc2Cl)CCC1)Nc1ccccn1. The van der Waals surface area contributed by atoms with Crippen molar-refractivity contribution in [1.29, 1.82) is 0 Å². The lowest BCUT2D eigenvalue weighted by Crippen LogP contribution is -2.39. The van der Waals surface area contributed by atoms with Crippen molar-refractivity contribution in [3.63, 3.8) is 0 Å². The lowest BCUT2D eigenvalue weighted by Gasteiger charge is -2.42. The molecule has 2 aromatic rings. The van der Waals surface area contributed by atoms with Gasteiger partial charge in [-0.1, -0.05) is 41.8 Å². The van der Waals surface area contributed by atoms with Gasteiger partial charge in [0.2, 0.25) is 0 Å². The van der Waals surface area contributed by atoms with E-state index in [0.717, 1.165) is 18.4 Å². The van der Waals surface area contributed by atoms with Crippen molar-refractivity contribution in [3.05, 3.63) is 58.2 Å². The van der Waals surface area contributed by atoms with Crippen LogP contribution in [0, 0.1) is 0 Å². The molecule has 0 unspecified atom stereocenters. The van der Waals surface area contributed by atoms with Crippen molar-refractivity contribution in [2.24, 2.45) is 10.7 Å². The molecule has 1 aliphatic rings. The molecule has 128 valence electrons. The van der Waals surface area contributed by atoms with Crippen LogP contribution in [-0.2, 0) is 5.41 Å². The van der Waals surface area contributed by atoms with Gasteiger partial charge in [-0.05, 0) is 42.7 Å². The highest BCUT2D eigenvalue weighted by molar-refractivity contribution is 14.0. The fourth-order valence-electron chi connectivity index (χ4n) is 2.88. The number of halogens is 3. The van der Waals surface area contributed by atoms with Crippen molar-refractivity contribution in [3.8, 4) is 0 Å². The van der Waals surface area contributed by atoms with Crippen molar-refractivity contribution >= 4 is 59.0 Å². The van der Waals surface area contributed by atoms with Crippen LogP contribution in [0.15, 0.2) is 47.6 Å². The summed E-state index contributed by atoms with van der Waals surface area (Å²) in [6.07, 6.45) is 4.97. The van der Waals surface area contributed by atoms with E-state index in [0.29, 0.717) is 28.4 Å². The molecule has 4 nitrogen and oxygen atoms in total. The average Bonchev–Trinajstić information content (AvgIpc) is 2.49. The van der Waals surface area contributed by atoms with E-state index in [1.54, 1.807) is 12.3 Å². The molecule has 0 spiro atoms. The van der Waals surface area contributed by atoms with E-state index in [4.69, 9.17) is 28.9 Å². The molecular weight excluding hydrogens is 458 g/mol. The monoisotopic (exact) mass is 476 g/mol. The van der Waals surface area contributed by atoms with Crippen molar-refractivity contribution in [2.45, 2.75) is 24.7 Å². The zero-order chi connectivity index (χ0) is 16.3. The first-order valence-electron chi connectivity index (χ1n) is 7.53. The summed E-state index contributed by atoms with van der Waals surface area (Å²) in [6, 6.07) is 11.3. The Morgan fingerprint density at radius 3 is 2.62 bits per heavy atom. The number of hydrogen-bond acceptors (Lipinski definition) is 2. The lowest BCUT2D eigenvalue weighted by atomic mass is 9.64. The maximum atomic E-state index is 6.38. The Kier molecular flexibility index (Phi) is 6.71. The molecule has 1 fully saturated rings. The Labute approximate surface area is 168 Å². The minimum atomic E-state index is -0.0436. The molecule has 0 bridgehead atoms. The standard InChI is InChI=1S/C17H18Cl2N4.HI/c18-12-5-6-13(14(19)10-12)17(7-3-8-17)11-22-16(20)23-15-4-1-2-9-21-15;/h1-2,4-6,9-10H,3,7-8,11H2,(H3,20,21,22,23);1H. The van der Waals surface area contributed by atoms with E-state index in [-0.39, 0.29) is 29.4 Å². The summed E-state index contributed by atoms with van der Waals surface area (Å²) >= 11 is 12.4. The van der Waals surface area contributed by atoms with Crippen LogP contribution in [0.1, 0.15) is 24.8 Å². The molecule has 0 aliphatic heterocycles. The normalized spacial score (nSPS) is 16.0. The van der Waals surface area contributed by atoms with Crippen molar-refractivity contribution in [2.75, 3.05) is 11.9 Å². The predicted molar refractivity (Wildman–Crippen MR) is 112 cm³/mol. The summed E-state index contributed by atoms with van der Waals surface area (Å²) in [5.74, 6) is 1.04. The highest BCUT2D eigenvalue weighted by atomic mass is 127. The molecule has 0 atom stereocenters. The molecule has 1 heterocycles. The maximum absolute atomic E-state index is 6.38. The fraction of sp³-hybridized carbons (Fsp3) is 0.294. The minimum Gasteiger partial charge on any atom is -0.370 e. The Morgan fingerprint density at radius 2 is 2.04 bits per heavy atom. The number of hydrogen-bond donors (Lipinski definition) is 2. The largest absolute Gasteiger partial charge is 0.370 e. The number of nitrogens with zero attached hydrogens (tertiary/aromatic N) is 2. The smallest absolute Gasteiger partial charge is 0.194 e. The zero-order valence-electron chi connectivity index (χ0n) is 13.0. The number of benzene rings is 1. The molecule has 24 heavy (non-hydrogen) atoms. The predicted octanol–water partition coefficient (Wildman–Crippen LogP) is 4.85. The fourth-order valence-corrected chi connectivity index (χ4v) is 3.49. The van der Waals surface area contributed by atoms with Crippen LogP contribution in [0.25, 0.3) is 0 Å². The van der Waals surface area contributed by atoms with Crippen molar-refractivity contribution in [1.82, 2.24) is 4.98 Å². The number of nitrogens with two attached hydrogens (primary N) is 1. The molecule has 1 aromatic heterocycles. The molecule has 0 radical (unpaired) electrons. The van der Waals surface area contributed by atoms with Gasteiger partial charge in [-0.25, -0.2) is 4.98 Å². The Balaban J connectivity index is 0.00000208. The van der Waals surface area contributed by atoms with Crippen LogP contribution in [0.4, 0.5) is 5.82 Å². The van der Waals surface area contributed by atoms with Gasteiger partial charge < -0.3 is 11.1 Å². The van der Waals surface area contributed by atoms with Gasteiger partial charge in [-0.15, -0.1) is 24.0 Å². The molecule has 0 saturated heterocycles. The van der Waals surface area contributed by atoms with Crippen LogP contribution in [-0.4, -0.2) is 17.5 Å². The van der Waals surface area contributed by atoms with Crippen LogP contribution < -0.4 is 11.1 Å². The van der Waals surface area contributed by atoms with E-state index in [9.17, 15) is 0 Å². The second-order valence-corrected chi connectivity index (χ2v) is 6.64. The summed E-state index contributed by atoms with van der Waals surface area (Å²) in [4.78, 5) is 8.68. The van der Waals surface area contributed by atoms with Crippen molar-refractivity contribution < 1.29 is 0 Å². The third kappa shape index (κ3) is 4.32. The number of pyridine rings is 1. The minimum absolute atomic E-state index is 0. The zero-order valence-corrected chi connectivity index (χ0v) is 16.8. The van der Waals surface area contributed by atoms with Gasteiger partial charge in [0, 0.05) is 21.7 Å². The Bertz CT molecular complexity index is 718. The number of nitrogens with one attached hydrogen (secondary N) is 1. The van der Waals surface area contributed by atoms with Crippen LogP contribution >= 0.6 is 47.2 Å². The van der Waals surface area contributed by atoms with Crippen LogP contribution in [0.3, 0.4) is 0 Å². The molecule has 1 aromatic carbocycles. The molecule has 3 N–H and O–H groups in total. The van der Waals surface area contributed by atoms with E-state index < -0.39 is 0 Å². The molecule has 7 heteroatoms. The Morgan fingerprint density at radius 1 is 1.25 bits per heavy atom. The Hall–Kier alpha value is -1.05. The second-order valence-electron chi connectivity index (χ2n) is 5.80. The molecule has 1 aliphatic carbocycles. The molecule has 0 amide bonds. The van der Waals surface area contributed by atoms with E-state index in [2.05, 4.69) is 15.3 Å². The highest BCUT2D eigenvalue weighted by Crippen LogP contribution is 2.46. The lowest BCUT2D eigenvalue weighted by molar-refractivity contribution is 0.254. The van der Waals surface area contributed by atoms with Crippen LogP contribution in [0.5, 0.6) is 0 Å². The third-order valence-corrected chi connectivity index (χ3v) is 4.83. The highest BCUT2D eigenvalue weighted by Gasteiger charge is 2.40. The van der Waals surface area contributed by atoms with E-state index >= 15 is 0 Å². The maximum Gasteiger partial charge on any atom is 0.194 e. The van der Waals surface area contributed by atoms with Gasteiger partial charge >= 0.3 is 0 Å². The average molecular weight is 477 g/mol. The van der Waals surface area contributed by atoms with E-state index in [1.165, 1.54) is 6.42 Å². The number of aliphatic imine (C=N–C) groups is 1. The quantitative estimate of drug-likeness (QED) is 0.376. The van der Waals surface area contributed by atoms with Gasteiger partial charge in [0.1, 0.15) is 5.82 Å². The number of guanidine groups is 1.